The van der Waals surface area contributed by atoms with Crippen LogP contribution in [-0.4, -0.2) is 38.4 Å². The molecule has 0 heterocycles. The first-order valence-electron chi connectivity index (χ1n) is 5.52. The highest BCUT2D eigenvalue weighted by Crippen LogP contribution is 2.22. The molecule has 1 N–H and O–H groups in total. The lowest BCUT2D eigenvalue weighted by atomic mass is 10.0. The maximum Gasteiger partial charge on any atom is 0.337 e. The zero-order chi connectivity index (χ0) is 13.0. The Morgan fingerprint density at radius 3 is 2.59 bits per heavy atom. The molecule has 1 aromatic carbocycles. The summed E-state index contributed by atoms with van der Waals surface area (Å²) in [6, 6.07) is 5.37. The Balaban J connectivity index is 3.14. The van der Waals surface area contributed by atoms with Crippen molar-refractivity contribution in [2.45, 2.75) is 19.4 Å². The number of rotatable bonds is 4. The van der Waals surface area contributed by atoms with Gasteiger partial charge in [0.15, 0.2) is 0 Å². The van der Waals surface area contributed by atoms with Gasteiger partial charge in [-0.3, -0.25) is 0 Å². The fourth-order valence-corrected chi connectivity index (χ4v) is 1.75. The van der Waals surface area contributed by atoms with Crippen LogP contribution in [0.15, 0.2) is 18.2 Å². The second-order valence-corrected chi connectivity index (χ2v) is 4.28. The normalized spacial score (nSPS) is 12.1. The van der Waals surface area contributed by atoms with Gasteiger partial charge < -0.3 is 14.7 Å². The summed E-state index contributed by atoms with van der Waals surface area (Å²) in [4.78, 5) is 13.4. The minimum absolute atomic E-state index is 0.359. The third-order valence-corrected chi connectivity index (χ3v) is 2.50. The lowest BCUT2D eigenvalue weighted by Crippen LogP contribution is -2.15. The maximum absolute atomic E-state index is 11.4. The zero-order valence-electron chi connectivity index (χ0n) is 10.7. The van der Waals surface area contributed by atoms with Gasteiger partial charge in [0.25, 0.3) is 0 Å². The molecule has 0 aromatic heterocycles. The highest BCUT2D eigenvalue weighted by Gasteiger charge is 2.12. The number of esters is 1. The number of benzene rings is 1. The average molecular weight is 237 g/mol. The molecule has 0 aliphatic carbocycles. The Morgan fingerprint density at radius 1 is 1.47 bits per heavy atom. The molecule has 0 fully saturated rings. The summed E-state index contributed by atoms with van der Waals surface area (Å²) in [6.45, 7) is 1.73. The van der Waals surface area contributed by atoms with Gasteiger partial charge in [-0.2, -0.15) is 0 Å². The lowest BCUT2D eigenvalue weighted by Gasteiger charge is -2.19. The SMILES string of the molecule is COC(=O)c1ccc(N(C)C)c(C[C@@H](C)O)c1. The van der Waals surface area contributed by atoms with E-state index in [-0.39, 0.29) is 5.97 Å². The average Bonchev–Trinajstić information content (AvgIpc) is 2.26. The Bertz CT molecular complexity index is 400. The summed E-state index contributed by atoms with van der Waals surface area (Å²) >= 11 is 0. The van der Waals surface area contributed by atoms with Crippen LogP contribution in [0.3, 0.4) is 0 Å². The molecule has 1 rings (SSSR count). The second kappa shape index (κ2) is 5.68. The van der Waals surface area contributed by atoms with Crippen LogP contribution in [0.2, 0.25) is 0 Å². The van der Waals surface area contributed by atoms with E-state index in [0.717, 1.165) is 11.3 Å². The minimum Gasteiger partial charge on any atom is -0.465 e. The number of aliphatic hydroxyl groups is 1. The highest BCUT2D eigenvalue weighted by molar-refractivity contribution is 5.90. The molecule has 0 unspecified atom stereocenters. The van der Waals surface area contributed by atoms with E-state index in [2.05, 4.69) is 4.74 Å². The molecule has 0 radical (unpaired) electrons. The molecule has 4 heteroatoms. The maximum atomic E-state index is 11.4. The molecule has 0 saturated carbocycles. The van der Waals surface area contributed by atoms with Crippen LogP contribution in [0, 0.1) is 0 Å². The summed E-state index contributed by atoms with van der Waals surface area (Å²) in [5.74, 6) is -0.359. The fraction of sp³-hybridized carbons (Fsp3) is 0.462. The number of anilines is 1. The van der Waals surface area contributed by atoms with Crippen LogP contribution >= 0.6 is 0 Å². The summed E-state index contributed by atoms with van der Waals surface area (Å²) in [6.07, 6.45) is 0.0693. The predicted octanol–water partition coefficient (Wildman–Crippen LogP) is 1.46. The number of carbonyl (C=O) groups excluding carboxylic acids is 1. The number of carbonyl (C=O) groups is 1. The first-order chi connectivity index (χ1) is 7.95. The molecule has 0 bridgehead atoms. The van der Waals surface area contributed by atoms with E-state index in [4.69, 9.17) is 0 Å². The van der Waals surface area contributed by atoms with Gasteiger partial charge in [0.1, 0.15) is 0 Å². The van der Waals surface area contributed by atoms with Gasteiger partial charge in [0.05, 0.1) is 18.8 Å². The molecule has 0 saturated heterocycles. The Hall–Kier alpha value is -1.55. The van der Waals surface area contributed by atoms with Gasteiger partial charge >= 0.3 is 5.97 Å². The number of hydrogen-bond acceptors (Lipinski definition) is 4. The van der Waals surface area contributed by atoms with Crippen molar-refractivity contribution in [1.29, 1.82) is 0 Å². The molecule has 0 spiro atoms. The summed E-state index contributed by atoms with van der Waals surface area (Å²) < 4.78 is 4.68. The standard InChI is InChI=1S/C13H19NO3/c1-9(15)7-11-8-10(13(16)17-4)5-6-12(11)14(2)3/h5-6,8-9,15H,7H2,1-4H3/t9-/m1/s1. The van der Waals surface area contributed by atoms with E-state index < -0.39 is 6.10 Å². The second-order valence-electron chi connectivity index (χ2n) is 4.28. The molecule has 4 nitrogen and oxygen atoms in total. The molecule has 1 aromatic rings. The van der Waals surface area contributed by atoms with Gasteiger partial charge in [-0.05, 0) is 30.7 Å². The Labute approximate surface area is 102 Å². The van der Waals surface area contributed by atoms with Crippen molar-refractivity contribution in [2.75, 3.05) is 26.1 Å². The molecule has 94 valence electrons. The Kier molecular flexibility index (Phi) is 4.52. The van der Waals surface area contributed by atoms with E-state index in [9.17, 15) is 9.90 Å². The fourth-order valence-electron chi connectivity index (χ4n) is 1.75. The third-order valence-electron chi connectivity index (χ3n) is 2.50. The van der Waals surface area contributed by atoms with Crippen LogP contribution in [0.25, 0.3) is 0 Å². The van der Waals surface area contributed by atoms with Gasteiger partial charge in [-0.15, -0.1) is 0 Å². The van der Waals surface area contributed by atoms with Crippen molar-refractivity contribution in [3.05, 3.63) is 29.3 Å². The van der Waals surface area contributed by atoms with E-state index in [1.54, 1.807) is 19.1 Å². The van der Waals surface area contributed by atoms with E-state index >= 15 is 0 Å². The Morgan fingerprint density at radius 2 is 2.12 bits per heavy atom. The van der Waals surface area contributed by atoms with Gasteiger partial charge in [0, 0.05) is 26.2 Å². The number of methoxy groups -OCH3 is 1. The smallest absolute Gasteiger partial charge is 0.337 e. The monoisotopic (exact) mass is 237 g/mol. The first-order valence-corrected chi connectivity index (χ1v) is 5.52. The van der Waals surface area contributed by atoms with Gasteiger partial charge in [-0.1, -0.05) is 0 Å². The number of ether oxygens (including phenoxy) is 1. The molecule has 0 aliphatic heterocycles. The van der Waals surface area contributed by atoms with Crippen LogP contribution in [0.5, 0.6) is 0 Å². The van der Waals surface area contributed by atoms with Crippen molar-refractivity contribution >= 4 is 11.7 Å². The van der Waals surface area contributed by atoms with E-state index in [1.807, 2.05) is 25.1 Å². The van der Waals surface area contributed by atoms with Crippen molar-refractivity contribution in [3.8, 4) is 0 Å². The van der Waals surface area contributed by atoms with Crippen LogP contribution in [0.4, 0.5) is 5.69 Å². The lowest BCUT2D eigenvalue weighted by molar-refractivity contribution is 0.0600. The number of hydrogen-bond donors (Lipinski definition) is 1. The quantitative estimate of drug-likeness (QED) is 0.805. The third kappa shape index (κ3) is 3.46. The van der Waals surface area contributed by atoms with Crippen molar-refractivity contribution in [3.63, 3.8) is 0 Å². The van der Waals surface area contributed by atoms with Crippen molar-refractivity contribution in [1.82, 2.24) is 0 Å². The van der Waals surface area contributed by atoms with E-state index in [1.165, 1.54) is 7.11 Å². The minimum atomic E-state index is -0.443. The van der Waals surface area contributed by atoms with Crippen LogP contribution < -0.4 is 4.90 Å². The predicted molar refractivity (Wildman–Crippen MR) is 67.5 cm³/mol. The zero-order valence-corrected chi connectivity index (χ0v) is 10.7. The number of aliphatic hydroxyl groups excluding tert-OH is 1. The van der Waals surface area contributed by atoms with Crippen molar-refractivity contribution < 1.29 is 14.6 Å². The van der Waals surface area contributed by atoms with Crippen LogP contribution in [-0.2, 0) is 11.2 Å². The van der Waals surface area contributed by atoms with Gasteiger partial charge in [-0.25, -0.2) is 4.79 Å². The van der Waals surface area contributed by atoms with Crippen molar-refractivity contribution in [2.24, 2.45) is 0 Å². The molecule has 17 heavy (non-hydrogen) atoms. The summed E-state index contributed by atoms with van der Waals surface area (Å²) in [7, 11) is 5.22. The molecule has 0 aliphatic rings. The van der Waals surface area contributed by atoms with Gasteiger partial charge in [0.2, 0.25) is 0 Å². The summed E-state index contributed by atoms with van der Waals surface area (Å²) in [5.41, 5.74) is 2.44. The first kappa shape index (κ1) is 13.5. The number of nitrogens with zero attached hydrogens (tertiary/aromatic N) is 1. The molecule has 0 amide bonds. The highest BCUT2D eigenvalue weighted by atomic mass is 16.5. The summed E-state index contributed by atoms with van der Waals surface area (Å²) in [5, 5.41) is 9.46. The largest absolute Gasteiger partial charge is 0.465 e. The molecule has 1 atom stereocenters. The van der Waals surface area contributed by atoms with Crippen LogP contribution in [0.1, 0.15) is 22.8 Å². The van der Waals surface area contributed by atoms with E-state index in [0.29, 0.717) is 12.0 Å². The topological polar surface area (TPSA) is 49.8 Å². The molecular weight excluding hydrogens is 218 g/mol. The molecular formula is C13H19NO3.